The van der Waals surface area contributed by atoms with Crippen LogP contribution in [-0.4, -0.2) is 22.0 Å². The molecule has 0 radical (unpaired) electrons. The van der Waals surface area contributed by atoms with E-state index < -0.39 is 29.8 Å². The molecule has 3 aromatic carbocycles. The number of amides is 1. The molecule has 0 bridgehead atoms. The van der Waals surface area contributed by atoms with Gasteiger partial charge in [0.2, 0.25) is 5.91 Å². The third-order valence-corrected chi connectivity index (χ3v) is 7.94. The molecule has 6 rings (SSSR count). The Balaban J connectivity index is 1.39. The summed E-state index contributed by atoms with van der Waals surface area (Å²) in [7, 11) is 0. The Hall–Kier alpha value is -4.91. The van der Waals surface area contributed by atoms with Gasteiger partial charge >= 0.3 is 0 Å². The highest BCUT2D eigenvalue weighted by Crippen LogP contribution is 2.38. The molecule has 3 unspecified atom stereocenters. The van der Waals surface area contributed by atoms with Gasteiger partial charge in [-0.15, -0.1) is 0 Å². The summed E-state index contributed by atoms with van der Waals surface area (Å²) in [5.74, 6) is -2.11. The van der Waals surface area contributed by atoms with Gasteiger partial charge in [0, 0.05) is 34.8 Å². The smallest absolute Gasteiger partial charge is 0.225 e. The van der Waals surface area contributed by atoms with Gasteiger partial charge in [0.05, 0.1) is 18.2 Å². The number of aromatic nitrogens is 2. The third kappa shape index (κ3) is 6.02. The van der Waals surface area contributed by atoms with Crippen LogP contribution in [0.1, 0.15) is 30.6 Å². The number of aromatic amines is 1. The average molecular weight is 578 g/mol. The van der Waals surface area contributed by atoms with Gasteiger partial charge in [-0.2, -0.15) is 0 Å². The Labute approximate surface area is 248 Å². The van der Waals surface area contributed by atoms with Gasteiger partial charge in [-0.3, -0.25) is 9.78 Å². The van der Waals surface area contributed by atoms with Crippen molar-refractivity contribution in [3.8, 4) is 22.3 Å². The van der Waals surface area contributed by atoms with E-state index in [1.807, 2.05) is 66.7 Å². The summed E-state index contributed by atoms with van der Waals surface area (Å²) in [5, 5.41) is 3.71. The van der Waals surface area contributed by atoms with Crippen molar-refractivity contribution < 1.29 is 18.0 Å². The van der Waals surface area contributed by atoms with Gasteiger partial charge in [0.25, 0.3) is 0 Å². The fourth-order valence-electron chi connectivity index (χ4n) is 5.66. The van der Waals surface area contributed by atoms with Gasteiger partial charge in [-0.05, 0) is 70.7 Å². The van der Waals surface area contributed by atoms with E-state index in [0.29, 0.717) is 22.2 Å². The van der Waals surface area contributed by atoms with Gasteiger partial charge in [-0.1, -0.05) is 67.6 Å². The van der Waals surface area contributed by atoms with E-state index in [1.54, 1.807) is 18.5 Å². The number of hydrogen-bond donors (Lipinski definition) is 2. The van der Waals surface area contributed by atoms with Gasteiger partial charge in [0.15, 0.2) is 0 Å². The second-order valence-electron chi connectivity index (χ2n) is 10.9. The summed E-state index contributed by atoms with van der Waals surface area (Å²) < 4.78 is 43.4. The summed E-state index contributed by atoms with van der Waals surface area (Å²) in [6.07, 6.45) is 4.74. The van der Waals surface area contributed by atoms with E-state index >= 15 is 0 Å². The minimum atomic E-state index is -1.47. The van der Waals surface area contributed by atoms with E-state index in [4.69, 9.17) is 4.98 Å². The number of carbonyl (C=O) groups excluding carboxylic acids is 1. The highest BCUT2D eigenvalue weighted by molar-refractivity contribution is 5.89. The number of pyridine rings is 1. The molecule has 1 aliphatic carbocycles. The summed E-state index contributed by atoms with van der Waals surface area (Å²) in [4.78, 5) is 21.3. The van der Waals surface area contributed by atoms with E-state index in [2.05, 4.69) is 10.3 Å². The molecule has 0 saturated carbocycles. The van der Waals surface area contributed by atoms with Gasteiger partial charge in [0.1, 0.15) is 17.8 Å². The maximum absolute atomic E-state index is 14.7. The SMILES string of the molecule is CC1C(F)=CC(CC(NC(=O)Cc2c[nH]c3ccc(F)cc23)c2ncccc2-c2ccccc2-c2ccccc2)=CC1F. The van der Waals surface area contributed by atoms with Crippen molar-refractivity contribution in [2.75, 3.05) is 0 Å². The largest absolute Gasteiger partial charge is 0.361 e. The van der Waals surface area contributed by atoms with Crippen LogP contribution in [0.2, 0.25) is 0 Å². The molecule has 7 heteroatoms. The van der Waals surface area contributed by atoms with Crippen LogP contribution in [0, 0.1) is 11.7 Å². The zero-order valence-electron chi connectivity index (χ0n) is 23.5. The van der Waals surface area contributed by atoms with Crippen molar-refractivity contribution in [3.63, 3.8) is 0 Å². The highest BCUT2D eigenvalue weighted by Gasteiger charge is 2.28. The predicted molar refractivity (Wildman–Crippen MR) is 164 cm³/mol. The second-order valence-corrected chi connectivity index (χ2v) is 10.9. The molecule has 0 spiro atoms. The van der Waals surface area contributed by atoms with Crippen LogP contribution in [0.5, 0.6) is 0 Å². The number of carbonyl (C=O) groups is 1. The van der Waals surface area contributed by atoms with Crippen molar-refractivity contribution >= 4 is 16.8 Å². The molecule has 0 fully saturated rings. The summed E-state index contributed by atoms with van der Waals surface area (Å²) in [5.41, 5.74) is 6.11. The van der Waals surface area contributed by atoms with E-state index in [9.17, 15) is 18.0 Å². The monoisotopic (exact) mass is 577 g/mol. The minimum absolute atomic E-state index is 0.0191. The van der Waals surface area contributed by atoms with E-state index in [1.165, 1.54) is 31.2 Å². The molecule has 1 aliphatic rings. The minimum Gasteiger partial charge on any atom is -0.361 e. The Morgan fingerprint density at radius 1 is 0.953 bits per heavy atom. The Bertz CT molecular complexity index is 1840. The number of alkyl halides is 1. The molecular weight excluding hydrogens is 547 g/mol. The van der Waals surface area contributed by atoms with Crippen LogP contribution < -0.4 is 5.32 Å². The quantitative estimate of drug-likeness (QED) is 0.194. The average Bonchev–Trinajstić information content (AvgIpc) is 3.41. The Kier molecular flexibility index (Phi) is 7.97. The van der Waals surface area contributed by atoms with Crippen LogP contribution in [0.15, 0.2) is 121 Å². The maximum Gasteiger partial charge on any atom is 0.225 e. The number of H-pyrrole nitrogens is 1. The number of benzene rings is 3. The van der Waals surface area contributed by atoms with Gasteiger partial charge < -0.3 is 10.3 Å². The number of hydrogen-bond acceptors (Lipinski definition) is 2. The first kappa shape index (κ1) is 28.2. The topological polar surface area (TPSA) is 57.8 Å². The van der Waals surface area contributed by atoms with Crippen LogP contribution in [0.3, 0.4) is 0 Å². The lowest BCUT2D eigenvalue weighted by Crippen LogP contribution is -2.31. The summed E-state index contributed by atoms with van der Waals surface area (Å²) in [6.45, 7) is 1.50. The number of nitrogens with zero attached hydrogens (tertiary/aromatic N) is 1. The van der Waals surface area contributed by atoms with Crippen molar-refractivity contribution in [1.29, 1.82) is 0 Å². The fraction of sp³-hybridized carbons (Fsp3) is 0.167. The molecule has 2 N–H and O–H groups in total. The second kappa shape index (κ2) is 12.1. The van der Waals surface area contributed by atoms with Crippen LogP contribution in [-0.2, 0) is 11.2 Å². The number of fused-ring (bicyclic) bond motifs is 1. The molecule has 1 amide bonds. The van der Waals surface area contributed by atoms with Crippen molar-refractivity contribution in [2.45, 2.75) is 32.0 Å². The van der Waals surface area contributed by atoms with Crippen molar-refractivity contribution in [2.24, 2.45) is 5.92 Å². The lowest BCUT2D eigenvalue weighted by atomic mass is 9.88. The molecule has 216 valence electrons. The molecule has 2 heterocycles. The van der Waals surface area contributed by atoms with Crippen LogP contribution in [0.25, 0.3) is 33.2 Å². The first-order valence-corrected chi connectivity index (χ1v) is 14.2. The number of allylic oxidation sites excluding steroid dienone is 3. The van der Waals surface area contributed by atoms with Crippen molar-refractivity contribution in [3.05, 3.63) is 138 Å². The number of rotatable bonds is 8. The maximum atomic E-state index is 14.7. The lowest BCUT2D eigenvalue weighted by Gasteiger charge is -2.25. The predicted octanol–water partition coefficient (Wildman–Crippen LogP) is 8.59. The first-order chi connectivity index (χ1) is 20.9. The summed E-state index contributed by atoms with van der Waals surface area (Å²) >= 11 is 0. The zero-order valence-corrected chi connectivity index (χ0v) is 23.5. The molecule has 2 aromatic heterocycles. The normalized spacial score (nSPS) is 17.3. The molecule has 5 aromatic rings. The number of nitrogens with one attached hydrogen (secondary N) is 2. The lowest BCUT2D eigenvalue weighted by molar-refractivity contribution is -0.121. The Morgan fingerprint density at radius 3 is 2.49 bits per heavy atom. The van der Waals surface area contributed by atoms with Crippen molar-refractivity contribution in [1.82, 2.24) is 15.3 Å². The van der Waals surface area contributed by atoms with E-state index in [-0.39, 0.29) is 18.7 Å². The molecular formula is C36H30F3N3O. The standard InChI is InChI=1S/C36H30F3N3O/c1-22-31(38)16-23(17-32(22)39)18-34(42-35(43)19-25-21-41-33-14-13-26(37)20-30(25)33)36-29(12-7-15-40-36)28-11-6-5-10-27(28)24-8-3-2-4-9-24/h2-17,20-22,31,34,41H,18-19H2,1H3,(H,42,43). The molecule has 4 nitrogen and oxygen atoms in total. The van der Waals surface area contributed by atoms with Crippen LogP contribution in [0.4, 0.5) is 13.2 Å². The molecule has 0 aliphatic heterocycles. The van der Waals surface area contributed by atoms with Gasteiger partial charge in [-0.25, -0.2) is 13.2 Å². The fourth-order valence-corrected chi connectivity index (χ4v) is 5.66. The molecule has 3 atom stereocenters. The number of halogens is 3. The zero-order chi connectivity index (χ0) is 29.9. The highest BCUT2D eigenvalue weighted by atomic mass is 19.1. The first-order valence-electron chi connectivity index (χ1n) is 14.2. The molecule has 0 saturated heterocycles. The molecule has 43 heavy (non-hydrogen) atoms. The third-order valence-electron chi connectivity index (χ3n) is 7.94. The summed E-state index contributed by atoms with van der Waals surface area (Å²) in [6, 6.07) is 25.4. The Morgan fingerprint density at radius 2 is 1.70 bits per heavy atom. The van der Waals surface area contributed by atoms with E-state index in [0.717, 1.165) is 27.8 Å². The van der Waals surface area contributed by atoms with Crippen LogP contribution >= 0.6 is 0 Å².